The molecule has 1 amide bonds. The first-order valence-electron chi connectivity index (χ1n) is 5.46. The molecule has 0 aromatic heterocycles. The van der Waals surface area contributed by atoms with Crippen LogP contribution in [0.5, 0.6) is 0 Å². The van der Waals surface area contributed by atoms with Gasteiger partial charge in [-0.15, -0.1) is 0 Å². The standard InChI is InChI=1S/C12H17BrN4O/c1-6(2)17-11(16-8(4)15)9(7(3)14)5-10(13)12(17)18/h5-6H,4,14-15H2,1-3H3/b9-7-,16-11+. The van der Waals surface area contributed by atoms with Crippen LogP contribution in [-0.2, 0) is 4.79 Å². The summed E-state index contributed by atoms with van der Waals surface area (Å²) in [6, 6.07) is -0.0637. The fourth-order valence-corrected chi connectivity index (χ4v) is 2.03. The molecule has 18 heavy (non-hydrogen) atoms. The molecular weight excluding hydrogens is 296 g/mol. The van der Waals surface area contributed by atoms with Gasteiger partial charge in [-0.2, -0.15) is 0 Å². The Morgan fingerprint density at radius 2 is 2.06 bits per heavy atom. The summed E-state index contributed by atoms with van der Waals surface area (Å²) >= 11 is 3.24. The molecule has 0 unspecified atom stereocenters. The van der Waals surface area contributed by atoms with Gasteiger partial charge in [0, 0.05) is 17.3 Å². The Balaban J connectivity index is 3.51. The number of hydrogen-bond donors (Lipinski definition) is 2. The zero-order chi connectivity index (χ0) is 14.0. The van der Waals surface area contributed by atoms with Crippen LogP contribution in [0.1, 0.15) is 20.8 Å². The van der Waals surface area contributed by atoms with Crippen LogP contribution in [0.25, 0.3) is 0 Å². The first-order chi connectivity index (χ1) is 8.25. The zero-order valence-corrected chi connectivity index (χ0v) is 12.3. The second-order valence-electron chi connectivity index (χ2n) is 4.28. The third-order valence-electron chi connectivity index (χ3n) is 2.35. The molecule has 4 N–H and O–H groups in total. The van der Waals surface area contributed by atoms with Crippen LogP contribution in [0.4, 0.5) is 0 Å². The summed E-state index contributed by atoms with van der Waals surface area (Å²) in [7, 11) is 0. The van der Waals surface area contributed by atoms with Gasteiger partial charge in [0.25, 0.3) is 5.91 Å². The van der Waals surface area contributed by atoms with Crippen molar-refractivity contribution < 1.29 is 4.79 Å². The van der Waals surface area contributed by atoms with Crippen molar-refractivity contribution in [2.45, 2.75) is 26.8 Å². The summed E-state index contributed by atoms with van der Waals surface area (Å²) in [5, 5.41) is 0. The predicted octanol–water partition coefficient (Wildman–Crippen LogP) is 1.58. The summed E-state index contributed by atoms with van der Waals surface area (Å²) in [5.74, 6) is 0.398. The maximum Gasteiger partial charge on any atom is 0.266 e. The monoisotopic (exact) mass is 312 g/mol. The molecule has 1 heterocycles. The van der Waals surface area contributed by atoms with Gasteiger partial charge in [-0.1, -0.05) is 6.58 Å². The molecule has 0 bridgehead atoms. The Morgan fingerprint density at radius 3 is 2.44 bits per heavy atom. The summed E-state index contributed by atoms with van der Waals surface area (Å²) in [6.07, 6.45) is 1.65. The summed E-state index contributed by atoms with van der Waals surface area (Å²) in [6.45, 7) is 9.06. The second-order valence-corrected chi connectivity index (χ2v) is 5.14. The van der Waals surface area contributed by atoms with E-state index in [1.165, 1.54) is 4.90 Å². The van der Waals surface area contributed by atoms with Crippen molar-refractivity contribution in [3.05, 3.63) is 34.2 Å². The number of nitrogens with zero attached hydrogens (tertiary/aromatic N) is 2. The van der Waals surface area contributed by atoms with Gasteiger partial charge >= 0.3 is 0 Å². The molecule has 0 atom stereocenters. The van der Waals surface area contributed by atoms with Crippen molar-refractivity contribution in [3.63, 3.8) is 0 Å². The van der Waals surface area contributed by atoms with Crippen molar-refractivity contribution >= 4 is 27.7 Å². The van der Waals surface area contributed by atoms with Crippen molar-refractivity contribution in [3.8, 4) is 0 Å². The minimum absolute atomic E-state index is 0.0637. The maximum absolute atomic E-state index is 12.1. The lowest BCUT2D eigenvalue weighted by Gasteiger charge is -2.32. The lowest BCUT2D eigenvalue weighted by Crippen LogP contribution is -2.45. The molecule has 0 spiro atoms. The quantitative estimate of drug-likeness (QED) is 0.811. The number of hydrogen-bond acceptors (Lipinski definition) is 4. The van der Waals surface area contributed by atoms with E-state index in [-0.39, 0.29) is 17.8 Å². The number of rotatable bonds is 2. The average molecular weight is 313 g/mol. The Labute approximate surface area is 115 Å². The van der Waals surface area contributed by atoms with Crippen LogP contribution < -0.4 is 11.5 Å². The van der Waals surface area contributed by atoms with E-state index in [4.69, 9.17) is 11.5 Å². The van der Waals surface area contributed by atoms with E-state index >= 15 is 0 Å². The van der Waals surface area contributed by atoms with E-state index in [2.05, 4.69) is 27.5 Å². The number of carbonyl (C=O) groups is 1. The molecule has 0 aromatic rings. The fraction of sp³-hybridized carbons (Fsp3) is 0.333. The first-order valence-corrected chi connectivity index (χ1v) is 6.25. The summed E-state index contributed by atoms with van der Waals surface area (Å²) in [4.78, 5) is 17.8. The molecule has 1 aliphatic heterocycles. The van der Waals surface area contributed by atoms with Gasteiger partial charge in [-0.25, -0.2) is 4.99 Å². The van der Waals surface area contributed by atoms with Gasteiger partial charge in [-0.3, -0.25) is 9.69 Å². The molecule has 1 aliphatic rings. The highest BCUT2D eigenvalue weighted by Crippen LogP contribution is 2.25. The second kappa shape index (κ2) is 5.39. The molecule has 0 radical (unpaired) electrons. The van der Waals surface area contributed by atoms with Gasteiger partial charge in [-0.05, 0) is 42.8 Å². The van der Waals surface area contributed by atoms with E-state index in [0.29, 0.717) is 21.6 Å². The van der Waals surface area contributed by atoms with Crippen LogP contribution >= 0.6 is 15.9 Å². The fourth-order valence-electron chi connectivity index (χ4n) is 1.61. The first kappa shape index (κ1) is 14.5. The molecule has 1 rings (SSSR count). The average Bonchev–Trinajstić information content (AvgIpc) is 2.21. The third kappa shape index (κ3) is 2.81. The van der Waals surface area contributed by atoms with Crippen molar-refractivity contribution in [1.29, 1.82) is 0 Å². The normalized spacial score (nSPS) is 21.4. The Kier molecular flexibility index (Phi) is 4.34. The number of carbonyl (C=O) groups excluding carboxylic acids is 1. The SMILES string of the molecule is C=C(N)/N=C1\C(=C(\C)N)C=C(Br)C(=O)N1C(C)C. The van der Waals surface area contributed by atoms with E-state index in [9.17, 15) is 4.79 Å². The number of halogens is 1. The van der Waals surface area contributed by atoms with Gasteiger partial charge in [0.2, 0.25) is 0 Å². The number of aliphatic imine (C=N–C) groups is 1. The van der Waals surface area contributed by atoms with Crippen LogP contribution in [0.2, 0.25) is 0 Å². The molecule has 6 heteroatoms. The van der Waals surface area contributed by atoms with Crippen molar-refractivity contribution in [2.75, 3.05) is 0 Å². The van der Waals surface area contributed by atoms with E-state index in [1.807, 2.05) is 13.8 Å². The van der Waals surface area contributed by atoms with Crippen molar-refractivity contribution in [1.82, 2.24) is 4.90 Å². The molecule has 98 valence electrons. The Hall–Kier alpha value is -1.56. The number of allylic oxidation sites excluding steroid dienone is 1. The van der Waals surface area contributed by atoms with Crippen LogP contribution in [0, 0.1) is 0 Å². The van der Waals surface area contributed by atoms with E-state index in [1.54, 1.807) is 13.0 Å². The number of nitrogens with two attached hydrogens (primary N) is 2. The van der Waals surface area contributed by atoms with E-state index < -0.39 is 0 Å². The molecule has 0 fully saturated rings. The number of amides is 1. The minimum atomic E-state index is -0.171. The summed E-state index contributed by atoms with van der Waals surface area (Å²) in [5.41, 5.74) is 12.6. The van der Waals surface area contributed by atoms with Gasteiger partial charge < -0.3 is 11.5 Å². The molecule has 0 saturated heterocycles. The Morgan fingerprint density at radius 1 is 1.50 bits per heavy atom. The van der Waals surface area contributed by atoms with Crippen LogP contribution in [-0.4, -0.2) is 22.7 Å². The molecular formula is C12H17BrN4O. The third-order valence-corrected chi connectivity index (χ3v) is 2.92. The maximum atomic E-state index is 12.1. The predicted molar refractivity (Wildman–Crippen MR) is 76.6 cm³/mol. The van der Waals surface area contributed by atoms with Gasteiger partial charge in [0.15, 0.2) is 0 Å². The van der Waals surface area contributed by atoms with Crippen LogP contribution in [0.3, 0.4) is 0 Å². The highest BCUT2D eigenvalue weighted by molar-refractivity contribution is 9.12. The molecule has 0 saturated carbocycles. The zero-order valence-electron chi connectivity index (χ0n) is 10.7. The highest BCUT2D eigenvalue weighted by Gasteiger charge is 2.31. The largest absolute Gasteiger partial charge is 0.402 e. The lowest BCUT2D eigenvalue weighted by atomic mass is 10.1. The van der Waals surface area contributed by atoms with Crippen molar-refractivity contribution in [2.24, 2.45) is 16.5 Å². The molecule has 5 nitrogen and oxygen atoms in total. The Bertz CT molecular complexity index is 484. The van der Waals surface area contributed by atoms with E-state index in [0.717, 1.165) is 0 Å². The van der Waals surface area contributed by atoms with Gasteiger partial charge in [0.05, 0.1) is 4.48 Å². The molecule has 0 aliphatic carbocycles. The topological polar surface area (TPSA) is 84.7 Å². The smallest absolute Gasteiger partial charge is 0.266 e. The minimum Gasteiger partial charge on any atom is -0.402 e. The lowest BCUT2D eigenvalue weighted by molar-refractivity contribution is -0.123. The van der Waals surface area contributed by atoms with Gasteiger partial charge in [0.1, 0.15) is 11.7 Å². The number of amidine groups is 1. The van der Waals surface area contributed by atoms with Crippen LogP contribution in [0.15, 0.2) is 39.2 Å². The summed E-state index contributed by atoms with van der Waals surface area (Å²) < 4.78 is 0.442. The molecule has 0 aromatic carbocycles. The highest BCUT2D eigenvalue weighted by atomic mass is 79.9.